The van der Waals surface area contributed by atoms with Crippen molar-refractivity contribution >= 4 is 28.5 Å². The molecule has 0 radical (unpaired) electrons. The molecule has 0 aliphatic heterocycles. The van der Waals surface area contributed by atoms with Gasteiger partial charge in [0.05, 0.1) is 22.3 Å². The van der Waals surface area contributed by atoms with Crippen molar-refractivity contribution in [2.24, 2.45) is 5.41 Å². The van der Waals surface area contributed by atoms with Crippen LogP contribution in [0.15, 0.2) is 18.2 Å². The summed E-state index contributed by atoms with van der Waals surface area (Å²) >= 11 is 5.91. The van der Waals surface area contributed by atoms with Crippen molar-refractivity contribution in [3.05, 3.63) is 29.8 Å². The highest BCUT2D eigenvalue weighted by Crippen LogP contribution is 2.25. The summed E-state index contributed by atoms with van der Waals surface area (Å²) < 4.78 is 15.2. The van der Waals surface area contributed by atoms with E-state index in [4.69, 9.17) is 11.6 Å². The number of imidazole rings is 1. The maximum Gasteiger partial charge on any atom is 0.227 e. The van der Waals surface area contributed by atoms with Gasteiger partial charge in [0.25, 0.3) is 0 Å². The van der Waals surface area contributed by atoms with Crippen molar-refractivity contribution in [3.8, 4) is 0 Å². The zero-order valence-corrected chi connectivity index (χ0v) is 12.5. The Morgan fingerprint density at radius 1 is 1.50 bits per heavy atom. The van der Waals surface area contributed by atoms with Crippen molar-refractivity contribution in [1.29, 1.82) is 0 Å². The molecule has 1 N–H and O–H groups in total. The van der Waals surface area contributed by atoms with Crippen molar-refractivity contribution in [1.82, 2.24) is 14.9 Å². The Labute approximate surface area is 121 Å². The maximum atomic E-state index is 13.4. The summed E-state index contributed by atoms with van der Waals surface area (Å²) in [5.74, 6) is 0.415. The second kappa shape index (κ2) is 5.40. The van der Waals surface area contributed by atoms with E-state index in [1.807, 2.05) is 13.8 Å². The second-order valence-corrected chi connectivity index (χ2v) is 5.61. The Morgan fingerprint density at radius 2 is 2.20 bits per heavy atom. The quantitative estimate of drug-likeness (QED) is 0.882. The number of nitrogens with one attached hydrogen (secondary N) is 1. The van der Waals surface area contributed by atoms with Crippen LogP contribution < -0.4 is 5.32 Å². The number of hydrogen-bond donors (Lipinski definition) is 1. The van der Waals surface area contributed by atoms with Crippen LogP contribution in [0.2, 0.25) is 0 Å². The summed E-state index contributed by atoms with van der Waals surface area (Å²) in [5.41, 5.74) is 0.683. The minimum atomic E-state index is -0.643. The predicted octanol–water partition coefficient (Wildman–Crippen LogP) is 2.69. The standard InChI is InChI=1S/C14H17ClFN3O/c1-14(2,13(20)17-3)8-19-11-6-9(16)4-5-10(11)18-12(19)7-15/h4-6H,7-8H2,1-3H3,(H,17,20). The van der Waals surface area contributed by atoms with E-state index >= 15 is 0 Å². The van der Waals surface area contributed by atoms with Gasteiger partial charge in [0.1, 0.15) is 11.6 Å². The lowest BCUT2D eigenvalue weighted by atomic mass is 9.92. The molecule has 0 saturated heterocycles. The van der Waals surface area contributed by atoms with Gasteiger partial charge in [-0.2, -0.15) is 0 Å². The van der Waals surface area contributed by atoms with Crippen molar-refractivity contribution in [2.45, 2.75) is 26.3 Å². The average Bonchev–Trinajstić information content (AvgIpc) is 2.74. The van der Waals surface area contributed by atoms with Gasteiger partial charge in [-0.3, -0.25) is 4.79 Å². The molecule has 2 aromatic rings. The van der Waals surface area contributed by atoms with Gasteiger partial charge in [-0.25, -0.2) is 9.37 Å². The van der Waals surface area contributed by atoms with Crippen LogP contribution in [0, 0.1) is 11.2 Å². The number of halogens is 2. The summed E-state index contributed by atoms with van der Waals surface area (Å²) in [4.78, 5) is 16.3. The number of rotatable bonds is 4. The zero-order chi connectivity index (χ0) is 14.9. The molecule has 0 aliphatic rings. The third-order valence-electron chi connectivity index (χ3n) is 3.30. The fourth-order valence-electron chi connectivity index (χ4n) is 2.23. The Morgan fingerprint density at radius 3 is 2.80 bits per heavy atom. The Balaban J connectivity index is 2.52. The van der Waals surface area contributed by atoms with Crippen molar-refractivity contribution in [2.75, 3.05) is 7.05 Å². The number of nitrogens with zero attached hydrogens (tertiary/aromatic N) is 2. The van der Waals surface area contributed by atoms with Crippen LogP contribution >= 0.6 is 11.6 Å². The van der Waals surface area contributed by atoms with E-state index in [-0.39, 0.29) is 17.6 Å². The van der Waals surface area contributed by atoms with E-state index < -0.39 is 5.41 Å². The van der Waals surface area contributed by atoms with Crippen LogP contribution in [0.1, 0.15) is 19.7 Å². The molecule has 2 rings (SSSR count). The first kappa shape index (κ1) is 14.8. The molecule has 0 spiro atoms. The molecule has 20 heavy (non-hydrogen) atoms. The summed E-state index contributed by atoms with van der Waals surface area (Å²) in [6, 6.07) is 4.39. The first-order valence-electron chi connectivity index (χ1n) is 6.32. The minimum absolute atomic E-state index is 0.0868. The van der Waals surface area contributed by atoms with Gasteiger partial charge in [0.15, 0.2) is 0 Å². The lowest BCUT2D eigenvalue weighted by Crippen LogP contribution is -2.38. The molecule has 1 aromatic heterocycles. The molecular formula is C14H17ClFN3O. The van der Waals surface area contributed by atoms with Gasteiger partial charge >= 0.3 is 0 Å². The number of aromatic nitrogens is 2. The molecule has 0 saturated carbocycles. The van der Waals surface area contributed by atoms with Gasteiger partial charge in [-0.1, -0.05) is 0 Å². The highest BCUT2D eigenvalue weighted by molar-refractivity contribution is 6.16. The van der Waals surface area contributed by atoms with Crippen LogP contribution in [0.5, 0.6) is 0 Å². The summed E-state index contributed by atoms with van der Waals surface area (Å²) in [7, 11) is 1.60. The second-order valence-electron chi connectivity index (χ2n) is 5.34. The molecule has 1 amide bonds. The third-order valence-corrected chi connectivity index (χ3v) is 3.54. The van der Waals surface area contributed by atoms with Crippen LogP contribution in [0.3, 0.4) is 0 Å². The van der Waals surface area contributed by atoms with Gasteiger partial charge in [0, 0.05) is 13.6 Å². The molecule has 0 atom stereocenters. The van der Waals surface area contributed by atoms with Crippen LogP contribution in [-0.4, -0.2) is 22.5 Å². The number of fused-ring (bicyclic) bond motifs is 1. The summed E-state index contributed by atoms with van der Waals surface area (Å²) in [6.45, 7) is 4.04. The largest absolute Gasteiger partial charge is 0.359 e. The van der Waals surface area contributed by atoms with Crippen molar-refractivity contribution in [3.63, 3.8) is 0 Å². The molecule has 6 heteroatoms. The highest BCUT2D eigenvalue weighted by Gasteiger charge is 2.29. The molecule has 0 aliphatic carbocycles. The van der Waals surface area contributed by atoms with E-state index in [9.17, 15) is 9.18 Å². The normalized spacial score (nSPS) is 11.8. The summed E-state index contributed by atoms with van der Waals surface area (Å²) in [5, 5.41) is 2.63. The molecule has 0 unspecified atom stereocenters. The van der Waals surface area contributed by atoms with Gasteiger partial charge < -0.3 is 9.88 Å². The monoisotopic (exact) mass is 297 g/mol. The predicted molar refractivity (Wildman–Crippen MR) is 77.1 cm³/mol. The number of amides is 1. The van der Waals surface area contributed by atoms with E-state index in [2.05, 4.69) is 10.3 Å². The topological polar surface area (TPSA) is 46.9 Å². The first-order valence-corrected chi connectivity index (χ1v) is 6.85. The van der Waals surface area contributed by atoms with E-state index in [1.165, 1.54) is 12.1 Å². The lowest BCUT2D eigenvalue weighted by Gasteiger charge is -2.24. The number of benzene rings is 1. The molecule has 0 bridgehead atoms. The zero-order valence-electron chi connectivity index (χ0n) is 11.7. The van der Waals surface area contributed by atoms with E-state index in [1.54, 1.807) is 17.7 Å². The van der Waals surface area contributed by atoms with Gasteiger partial charge in [-0.05, 0) is 32.0 Å². The number of carbonyl (C=O) groups excluding carboxylic acids is 1. The highest BCUT2D eigenvalue weighted by atomic mass is 35.5. The SMILES string of the molecule is CNC(=O)C(C)(C)Cn1c(CCl)nc2ccc(F)cc21. The Hall–Kier alpha value is -1.62. The number of carbonyl (C=O) groups is 1. The van der Waals surface area contributed by atoms with Crippen molar-refractivity contribution < 1.29 is 9.18 Å². The minimum Gasteiger partial charge on any atom is -0.359 e. The maximum absolute atomic E-state index is 13.4. The molecule has 108 valence electrons. The summed E-state index contributed by atoms with van der Waals surface area (Å²) in [6.07, 6.45) is 0. The molecular weight excluding hydrogens is 281 g/mol. The van der Waals surface area contributed by atoms with E-state index in [0.717, 1.165) is 0 Å². The lowest BCUT2D eigenvalue weighted by molar-refractivity contribution is -0.129. The van der Waals surface area contributed by atoms with Crippen LogP contribution in [-0.2, 0) is 17.2 Å². The van der Waals surface area contributed by atoms with Crippen LogP contribution in [0.25, 0.3) is 11.0 Å². The Kier molecular flexibility index (Phi) is 3.99. The first-order chi connectivity index (χ1) is 9.39. The molecule has 1 aromatic carbocycles. The van der Waals surface area contributed by atoms with Crippen LogP contribution in [0.4, 0.5) is 4.39 Å². The molecule has 0 fully saturated rings. The fraction of sp³-hybridized carbons (Fsp3) is 0.429. The third kappa shape index (κ3) is 2.63. The molecule has 1 heterocycles. The van der Waals surface area contributed by atoms with Gasteiger partial charge in [0.2, 0.25) is 5.91 Å². The Bertz CT molecular complexity index is 651. The fourth-order valence-corrected chi connectivity index (χ4v) is 2.43. The van der Waals surface area contributed by atoms with Gasteiger partial charge in [-0.15, -0.1) is 11.6 Å². The molecule has 4 nitrogen and oxygen atoms in total. The number of hydrogen-bond acceptors (Lipinski definition) is 2. The average molecular weight is 298 g/mol. The number of alkyl halides is 1. The smallest absolute Gasteiger partial charge is 0.227 e. The van der Waals surface area contributed by atoms with E-state index in [0.29, 0.717) is 23.4 Å².